The maximum Gasteiger partial charge on any atom is 0.0644 e. The van der Waals surface area contributed by atoms with Gasteiger partial charge in [0, 0.05) is 52.2 Å². The van der Waals surface area contributed by atoms with Gasteiger partial charge in [-0.1, -0.05) is 183 Å². The molecule has 2 heterocycles. The standard InChI is InChI=1S/C64H53NS2/c1-4-6-8-9-10-18-42-64(47-21-12-11-13-22-47)59-30-16-14-24-54(59)55-41-40-50(43-60(55)64)65(48-36-32-45(33-37-48)52-26-19-28-57-51(23-7-5-2)44(3)66-62(52)57)49-38-34-46(35-39-49)53-27-20-29-58-56-25-15-17-31-61(56)67-63(53)58/h4,6-7,11-43H,5,8-10H2,1-3H3/b6-4-,23-7-,42-18+. The van der Waals surface area contributed by atoms with Crippen LogP contribution in [0.15, 0.2) is 212 Å². The maximum atomic E-state index is 2.51. The average Bonchev–Trinajstić information content (AvgIpc) is 4.02. The van der Waals surface area contributed by atoms with Gasteiger partial charge in [0.25, 0.3) is 0 Å². The quantitative estimate of drug-likeness (QED) is 0.0823. The Balaban J connectivity index is 1.06. The molecular formula is C64H53NS2. The summed E-state index contributed by atoms with van der Waals surface area (Å²) in [7, 11) is 0. The highest BCUT2D eigenvalue weighted by atomic mass is 32.1. The van der Waals surface area contributed by atoms with Crippen molar-refractivity contribution < 1.29 is 0 Å². The van der Waals surface area contributed by atoms with E-state index >= 15 is 0 Å². The third-order valence-electron chi connectivity index (χ3n) is 13.6. The Morgan fingerprint density at radius 3 is 1.84 bits per heavy atom. The van der Waals surface area contributed by atoms with Crippen LogP contribution in [0, 0.1) is 6.92 Å². The number of rotatable bonds is 13. The monoisotopic (exact) mass is 899 g/mol. The van der Waals surface area contributed by atoms with Crippen LogP contribution in [0.5, 0.6) is 0 Å². The number of aryl methyl sites for hydroxylation is 1. The van der Waals surface area contributed by atoms with Crippen molar-refractivity contribution >= 4 is 76.1 Å². The first kappa shape index (κ1) is 42.6. The van der Waals surface area contributed by atoms with Crippen LogP contribution in [0.3, 0.4) is 0 Å². The largest absolute Gasteiger partial charge is 0.310 e. The summed E-state index contributed by atoms with van der Waals surface area (Å²) < 4.78 is 4.00. The van der Waals surface area contributed by atoms with Crippen LogP contribution >= 0.6 is 22.7 Å². The van der Waals surface area contributed by atoms with Gasteiger partial charge in [-0.2, -0.15) is 0 Å². The number of nitrogens with zero attached hydrogens (tertiary/aromatic N) is 1. The first-order chi connectivity index (χ1) is 33.1. The van der Waals surface area contributed by atoms with E-state index in [1.54, 1.807) is 0 Å². The number of hydrogen-bond donors (Lipinski definition) is 0. The summed E-state index contributed by atoms with van der Waals surface area (Å²) >= 11 is 3.79. The molecule has 11 rings (SSSR count). The van der Waals surface area contributed by atoms with E-state index in [0.29, 0.717) is 0 Å². The lowest BCUT2D eigenvalue weighted by molar-refractivity contribution is 0.787. The van der Waals surface area contributed by atoms with Crippen LogP contribution < -0.4 is 4.90 Å². The second-order valence-electron chi connectivity index (χ2n) is 17.6. The van der Waals surface area contributed by atoms with Gasteiger partial charge in [0.15, 0.2) is 0 Å². The molecule has 0 N–H and O–H groups in total. The molecule has 0 saturated heterocycles. The van der Waals surface area contributed by atoms with Gasteiger partial charge in [-0.3, -0.25) is 0 Å². The Morgan fingerprint density at radius 1 is 0.507 bits per heavy atom. The molecular weight excluding hydrogens is 847 g/mol. The van der Waals surface area contributed by atoms with Gasteiger partial charge in [-0.15, -0.1) is 22.7 Å². The number of benzene rings is 8. The molecule has 3 heteroatoms. The molecule has 0 aliphatic heterocycles. The number of thiophene rings is 2. The lowest BCUT2D eigenvalue weighted by atomic mass is 9.72. The fourth-order valence-corrected chi connectivity index (χ4v) is 12.9. The Kier molecular flexibility index (Phi) is 11.6. The summed E-state index contributed by atoms with van der Waals surface area (Å²) in [6.45, 7) is 6.56. The number of hydrogen-bond acceptors (Lipinski definition) is 3. The van der Waals surface area contributed by atoms with Crippen molar-refractivity contribution in [3.05, 3.63) is 240 Å². The van der Waals surface area contributed by atoms with Gasteiger partial charge in [-0.05, 0) is 138 Å². The van der Waals surface area contributed by atoms with E-state index in [-0.39, 0.29) is 0 Å². The minimum absolute atomic E-state index is 0.450. The molecule has 0 spiro atoms. The summed E-state index contributed by atoms with van der Waals surface area (Å²) in [5.74, 6) is 0. The molecule has 2 aromatic heterocycles. The third-order valence-corrected chi connectivity index (χ3v) is 16.0. The van der Waals surface area contributed by atoms with Crippen LogP contribution in [0.2, 0.25) is 0 Å². The zero-order chi connectivity index (χ0) is 45.3. The smallest absolute Gasteiger partial charge is 0.0644 e. The minimum atomic E-state index is -0.450. The molecule has 1 aliphatic rings. The Hall–Kier alpha value is -7.04. The van der Waals surface area contributed by atoms with Gasteiger partial charge in [0.05, 0.1) is 5.41 Å². The molecule has 1 nitrogen and oxygen atoms in total. The molecule has 1 unspecified atom stereocenters. The predicted molar refractivity (Wildman–Crippen MR) is 294 cm³/mol. The van der Waals surface area contributed by atoms with E-state index in [0.717, 1.165) is 42.7 Å². The summed E-state index contributed by atoms with van der Waals surface area (Å²) in [5, 5.41) is 3.97. The average molecular weight is 900 g/mol. The molecule has 1 aliphatic carbocycles. The highest BCUT2D eigenvalue weighted by Crippen LogP contribution is 2.55. The van der Waals surface area contributed by atoms with Gasteiger partial charge in [-0.25, -0.2) is 0 Å². The molecule has 8 aromatic carbocycles. The second-order valence-corrected chi connectivity index (χ2v) is 19.9. The predicted octanol–water partition coefficient (Wildman–Crippen LogP) is 19.4. The zero-order valence-corrected chi connectivity index (χ0v) is 40.0. The van der Waals surface area contributed by atoms with E-state index in [2.05, 4.69) is 244 Å². The summed E-state index contributed by atoms with van der Waals surface area (Å²) in [6, 6.07) is 68.2. The number of allylic oxidation sites excluding steroid dienone is 5. The minimum Gasteiger partial charge on any atom is -0.310 e. The summed E-state index contributed by atoms with van der Waals surface area (Å²) in [4.78, 5) is 3.81. The first-order valence-corrected chi connectivity index (χ1v) is 25.4. The first-order valence-electron chi connectivity index (χ1n) is 23.8. The normalized spacial score (nSPS) is 14.6. The Labute approximate surface area is 403 Å². The summed E-state index contributed by atoms with van der Waals surface area (Å²) in [5.41, 5.74) is 15.8. The molecule has 67 heavy (non-hydrogen) atoms. The van der Waals surface area contributed by atoms with E-state index in [9.17, 15) is 0 Å². The van der Waals surface area contributed by atoms with Crippen molar-refractivity contribution in [2.75, 3.05) is 4.90 Å². The van der Waals surface area contributed by atoms with Crippen molar-refractivity contribution in [3.63, 3.8) is 0 Å². The fourth-order valence-electron chi connectivity index (χ4n) is 10.4. The van der Waals surface area contributed by atoms with Gasteiger partial charge in [0.1, 0.15) is 0 Å². The van der Waals surface area contributed by atoms with Gasteiger partial charge in [0.2, 0.25) is 0 Å². The van der Waals surface area contributed by atoms with Gasteiger partial charge < -0.3 is 4.90 Å². The van der Waals surface area contributed by atoms with E-state index in [1.165, 1.54) is 90.8 Å². The van der Waals surface area contributed by atoms with Crippen molar-refractivity contribution in [2.45, 2.75) is 51.9 Å². The lowest BCUT2D eigenvalue weighted by Gasteiger charge is -2.32. The fraction of sp³-hybridized carbons (Fsp3) is 0.125. The van der Waals surface area contributed by atoms with Crippen LogP contribution in [0.4, 0.5) is 17.1 Å². The van der Waals surface area contributed by atoms with E-state index < -0.39 is 5.41 Å². The van der Waals surface area contributed by atoms with Crippen molar-refractivity contribution in [3.8, 4) is 33.4 Å². The molecule has 0 radical (unpaired) electrons. The van der Waals surface area contributed by atoms with E-state index in [4.69, 9.17) is 0 Å². The number of fused-ring (bicyclic) bond motifs is 7. The van der Waals surface area contributed by atoms with E-state index in [1.807, 2.05) is 22.7 Å². The second kappa shape index (κ2) is 18.3. The van der Waals surface area contributed by atoms with Crippen LogP contribution in [-0.2, 0) is 5.41 Å². The number of unbranched alkanes of at least 4 members (excludes halogenated alkanes) is 2. The molecule has 326 valence electrons. The van der Waals surface area contributed by atoms with Crippen LogP contribution in [-0.4, -0.2) is 0 Å². The Bertz CT molecular complexity index is 3490. The van der Waals surface area contributed by atoms with Crippen molar-refractivity contribution in [2.24, 2.45) is 0 Å². The summed E-state index contributed by atoms with van der Waals surface area (Å²) in [6.07, 6.45) is 18.2. The molecule has 0 amide bonds. The highest BCUT2D eigenvalue weighted by molar-refractivity contribution is 7.26. The molecule has 10 aromatic rings. The Morgan fingerprint density at radius 2 is 1.10 bits per heavy atom. The molecule has 0 fully saturated rings. The highest BCUT2D eigenvalue weighted by Gasteiger charge is 2.43. The van der Waals surface area contributed by atoms with Crippen molar-refractivity contribution in [1.82, 2.24) is 0 Å². The van der Waals surface area contributed by atoms with Gasteiger partial charge >= 0.3 is 0 Å². The topological polar surface area (TPSA) is 3.24 Å². The molecule has 0 saturated carbocycles. The van der Waals surface area contributed by atoms with Crippen molar-refractivity contribution in [1.29, 1.82) is 0 Å². The number of anilines is 3. The molecule has 1 atom stereocenters. The lowest BCUT2D eigenvalue weighted by Crippen LogP contribution is -2.24. The zero-order valence-electron chi connectivity index (χ0n) is 38.4. The van der Waals surface area contributed by atoms with Crippen LogP contribution in [0.1, 0.15) is 66.7 Å². The SMILES string of the molecule is C/C=C\CCC/C=C/C1(c2ccccc2)c2ccccc2-c2ccc(N(c3ccc(-c4cccc5c(/C=C\CC)c(C)sc45)cc3)c3ccc(-c4cccc5c4sc4ccccc45)cc3)cc21. The van der Waals surface area contributed by atoms with Crippen LogP contribution in [0.25, 0.3) is 69.7 Å². The maximum absolute atomic E-state index is 2.51. The molecule has 0 bridgehead atoms. The third kappa shape index (κ3) is 7.57.